The van der Waals surface area contributed by atoms with Gasteiger partial charge in [-0.15, -0.1) is 0 Å². The molecule has 0 spiro atoms. The van der Waals surface area contributed by atoms with Crippen LogP contribution in [0.25, 0.3) is 0 Å². The second-order valence-electron chi connectivity index (χ2n) is 21.8. The summed E-state index contributed by atoms with van der Waals surface area (Å²) in [5.74, 6) is -0.286. The Balaban J connectivity index is 1.41. The quantitative estimate of drug-likeness (QED) is 0.0253. The van der Waals surface area contributed by atoms with Gasteiger partial charge in [0, 0.05) is 6.42 Å². The summed E-state index contributed by atoms with van der Waals surface area (Å²) in [5.41, 5.74) is 0. The molecule has 0 aliphatic carbocycles. The number of hydrogen-bond donors (Lipinski definition) is 12. The third-order valence-electron chi connectivity index (χ3n) is 15.0. The molecule has 0 bridgehead atoms. The van der Waals surface area contributed by atoms with E-state index in [1.165, 1.54) is 64.2 Å². The van der Waals surface area contributed by atoms with Crippen LogP contribution in [0, 0.1) is 0 Å². The predicted octanol–water partition coefficient (Wildman–Crippen LogP) is 5.82. The lowest BCUT2D eigenvalue weighted by Gasteiger charge is -2.48. The number of nitrogens with one attached hydrogen (secondary N) is 1. The van der Waals surface area contributed by atoms with Crippen molar-refractivity contribution in [3.8, 4) is 0 Å². The summed E-state index contributed by atoms with van der Waals surface area (Å²) in [6.45, 7) is 1.55. The first-order chi connectivity index (χ1) is 39.3. The summed E-state index contributed by atoms with van der Waals surface area (Å²) >= 11 is 0. The average molecular weight is 1150 g/mol. The lowest BCUT2D eigenvalue weighted by Crippen LogP contribution is -2.66. The van der Waals surface area contributed by atoms with Crippen LogP contribution in [0.15, 0.2) is 72.9 Å². The Morgan fingerprint density at radius 2 is 0.852 bits per heavy atom. The van der Waals surface area contributed by atoms with Gasteiger partial charge in [0.1, 0.15) is 73.2 Å². The van der Waals surface area contributed by atoms with Gasteiger partial charge in [-0.2, -0.15) is 0 Å². The molecular weight excluding hydrogens is 1050 g/mol. The van der Waals surface area contributed by atoms with Crippen molar-refractivity contribution in [2.75, 3.05) is 26.4 Å². The van der Waals surface area contributed by atoms with Crippen LogP contribution in [0.3, 0.4) is 0 Å². The third kappa shape index (κ3) is 28.3. The normalized spacial score (nSPS) is 30.3. The molecule has 19 nitrogen and oxygen atoms in total. The molecule has 19 heteroatoms. The van der Waals surface area contributed by atoms with E-state index in [-0.39, 0.29) is 18.9 Å². The number of unbranched alkanes of at least 4 members (excludes halogenated alkanes) is 18. The fraction of sp³-hybridized carbons (Fsp3) is 0.790. The largest absolute Gasteiger partial charge is 0.394 e. The number of allylic oxidation sites excluding steroid dienone is 11. The van der Waals surface area contributed by atoms with E-state index in [9.17, 15) is 61.0 Å². The predicted molar refractivity (Wildman–Crippen MR) is 309 cm³/mol. The molecule has 0 radical (unpaired) electrons. The maximum Gasteiger partial charge on any atom is 0.220 e. The Kier molecular flexibility index (Phi) is 40.0. The number of rotatable bonds is 44. The van der Waals surface area contributed by atoms with Crippen molar-refractivity contribution >= 4 is 5.91 Å². The van der Waals surface area contributed by atoms with Crippen LogP contribution in [0.4, 0.5) is 0 Å². The zero-order chi connectivity index (χ0) is 59.0. The van der Waals surface area contributed by atoms with E-state index in [1.807, 2.05) is 6.08 Å². The van der Waals surface area contributed by atoms with Gasteiger partial charge in [-0.05, 0) is 64.2 Å². The average Bonchev–Trinajstić information content (AvgIpc) is 3.47. The highest BCUT2D eigenvalue weighted by molar-refractivity contribution is 5.76. The fourth-order valence-electron chi connectivity index (χ4n) is 9.98. The molecule has 0 aromatic carbocycles. The molecule has 81 heavy (non-hydrogen) atoms. The van der Waals surface area contributed by atoms with Gasteiger partial charge in [0.05, 0.1) is 38.6 Å². The highest BCUT2D eigenvalue weighted by atomic mass is 16.8. The minimum Gasteiger partial charge on any atom is -0.394 e. The Bertz CT molecular complexity index is 1760. The fourth-order valence-corrected chi connectivity index (χ4v) is 9.98. The molecule has 0 aromatic rings. The summed E-state index contributed by atoms with van der Waals surface area (Å²) in [7, 11) is 0. The molecule has 3 saturated heterocycles. The van der Waals surface area contributed by atoms with Gasteiger partial charge < -0.3 is 89.9 Å². The number of amides is 1. The molecule has 17 unspecified atom stereocenters. The minimum atomic E-state index is -1.98. The Morgan fingerprint density at radius 3 is 1.33 bits per heavy atom. The number of aliphatic hydroxyl groups excluding tert-OH is 11. The van der Waals surface area contributed by atoms with Gasteiger partial charge in [-0.3, -0.25) is 4.79 Å². The van der Waals surface area contributed by atoms with Crippen molar-refractivity contribution < 1.29 is 89.4 Å². The van der Waals surface area contributed by atoms with E-state index in [4.69, 9.17) is 28.4 Å². The smallest absolute Gasteiger partial charge is 0.220 e. The maximum absolute atomic E-state index is 13.3. The zero-order valence-electron chi connectivity index (χ0n) is 48.7. The van der Waals surface area contributed by atoms with Gasteiger partial charge in [-0.1, -0.05) is 183 Å². The Labute approximate surface area is 483 Å². The van der Waals surface area contributed by atoms with Crippen molar-refractivity contribution in [3.05, 3.63) is 72.9 Å². The third-order valence-corrected chi connectivity index (χ3v) is 15.0. The second-order valence-corrected chi connectivity index (χ2v) is 21.8. The molecule has 3 fully saturated rings. The monoisotopic (exact) mass is 1150 g/mol. The van der Waals surface area contributed by atoms with Gasteiger partial charge in [0.25, 0.3) is 0 Å². The van der Waals surface area contributed by atoms with Crippen molar-refractivity contribution in [3.63, 3.8) is 0 Å². The first-order valence-electron chi connectivity index (χ1n) is 30.7. The van der Waals surface area contributed by atoms with Crippen molar-refractivity contribution in [1.82, 2.24) is 5.32 Å². The van der Waals surface area contributed by atoms with Crippen LogP contribution < -0.4 is 5.32 Å². The van der Waals surface area contributed by atoms with Gasteiger partial charge in [-0.25, -0.2) is 0 Å². The van der Waals surface area contributed by atoms with Crippen LogP contribution in [0.2, 0.25) is 0 Å². The molecule has 3 aliphatic rings. The van der Waals surface area contributed by atoms with Gasteiger partial charge in [0.2, 0.25) is 5.91 Å². The van der Waals surface area contributed by atoms with Crippen molar-refractivity contribution in [1.29, 1.82) is 0 Å². The second kappa shape index (κ2) is 44.7. The van der Waals surface area contributed by atoms with Crippen LogP contribution in [0.5, 0.6) is 0 Å². The Morgan fingerprint density at radius 1 is 0.457 bits per heavy atom. The van der Waals surface area contributed by atoms with E-state index >= 15 is 0 Å². The standard InChI is InChI=1S/C62H107NO18/c1-3-5-7-9-11-13-14-15-16-17-18-19-20-21-22-23-24-25-26-27-28-29-30-32-34-36-38-40-50(68)63-45(46(67)39-37-35-33-31-12-10-8-6-4-2)44-76-60-56(74)53(71)58(48(42-65)78-60)81-62-57(75)54(72)59(49(43-66)79-62)80-61-55(73)52(70)51(69)47(41-64)77-61/h5,7,11,13,15-16,18-19,21-22,37,39,45-49,51-62,64-67,69-75H,3-4,6,8-10,12,14,17,20,23-36,38,40-44H2,1-2H3,(H,63,68)/b7-5-,13-11-,16-15-,19-18-,22-21-,39-37+. The van der Waals surface area contributed by atoms with Crippen molar-refractivity contribution in [2.24, 2.45) is 0 Å². The summed E-state index contributed by atoms with van der Waals surface area (Å²) < 4.78 is 34.2. The van der Waals surface area contributed by atoms with E-state index in [1.54, 1.807) is 6.08 Å². The summed E-state index contributed by atoms with van der Waals surface area (Å²) in [6.07, 6.45) is 26.2. The number of hydrogen-bond acceptors (Lipinski definition) is 18. The minimum absolute atomic E-state index is 0.235. The molecule has 3 rings (SSSR count). The van der Waals surface area contributed by atoms with Gasteiger partial charge >= 0.3 is 0 Å². The maximum atomic E-state index is 13.3. The highest BCUT2D eigenvalue weighted by Crippen LogP contribution is 2.33. The first kappa shape index (κ1) is 72.5. The molecule has 0 aromatic heterocycles. The Hall–Kier alpha value is -2.77. The zero-order valence-corrected chi connectivity index (χ0v) is 48.7. The number of aliphatic hydroxyl groups is 11. The molecule has 3 heterocycles. The van der Waals surface area contributed by atoms with E-state index in [0.717, 1.165) is 89.9 Å². The van der Waals surface area contributed by atoms with Crippen molar-refractivity contribution in [2.45, 2.75) is 285 Å². The number of carbonyl (C=O) groups excluding carboxylic acids is 1. The number of ether oxygens (including phenoxy) is 6. The van der Waals surface area contributed by atoms with Crippen LogP contribution >= 0.6 is 0 Å². The molecular formula is C62H107NO18. The molecule has 3 aliphatic heterocycles. The van der Waals surface area contributed by atoms with E-state index in [0.29, 0.717) is 6.42 Å². The highest BCUT2D eigenvalue weighted by Gasteiger charge is 2.53. The molecule has 468 valence electrons. The van der Waals surface area contributed by atoms with E-state index in [2.05, 4.69) is 79.9 Å². The topological polar surface area (TPSA) is 307 Å². The molecule has 1 amide bonds. The summed E-state index contributed by atoms with van der Waals surface area (Å²) in [5, 5.41) is 120. The van der Waals surface area contributed by atoms with E-state index < -0.39 is 124 Å². The summed E-state index contributed by atoms with van der Waals surface area (Å²) in [6, 6.07) is -0.976. The summed E-state index contributed by atoms with van der Waals surface area (Å²) in [4.78, 5) is 13.3. The lowest BCUT2D eigenvalue weighted by molar-refractivity contribution is -0.379. The van der Waals surface area contributed by atoms with Gasteiger partial charge in [0.15, 0.2) is 18.9 Å². The van der Waals surface area contributed by atoms with Crippen LogP contribution in [0.1, 0.15) is 181 Å². The molecule has 12 N–H and O–H groups in total. The van der Waals surface area contributed by atoms with Crippen LogP contribution in [-0.2, 0) is 33.2 Å². The SMILES string of the molecule is CC/C=C\C/C=C\C/C=C\C/C=C\C/C=C\CCCCCCCCCCCCCC(=O)NC(COC1OC(CO)C(OC2OC(CO)C(OC3OC(CO)C(O)C(O)C3O)C(O)C2O)C(O)C1O)C(O)/C=C/CCCCCCCCC. The molecule has 0 saturated carbocycles. The van der Waals surface area contributed by atoms with Crippen LogP contribution in [-0.4, -0.2) is 193 Å². The molecule has 17 atom stereocenters. The number of carbonyl (C=O) groups is 1. The lowest BCUT2D eigenvalue weighted by atomic mass is 9.96. The first-order valence-corrected chi connectivity index (χ1v) is 30.7.